The number of anilines is 1. The van der Waals surface area contributed by atoms with Gasteiger partial charge in [0.05, 0.1) is 0 Å². The molecule has 0 fully saturated rings. The van der Waals surface area contributed by atoms with Crippen LogP contribution in [0.2, 0.25) is 0 Å². The van der Waals surface area contributed by atoms with Gasteiger partial charge < -0.3 is 10.1 Å². The van der Waals surface area contributed by atoms with E-state index in [1.807, 2.05) is 66.7 Å². The van der Waals surface area contributed by atoms with E-state index < -0.39 is 6.10 Å². The van der Waals surface area contributed by atoms with Gasteiger partial charge in [0.25, 0.3) is 5.91 Å². The summed E-state index contributed by atoms with van der Waals surface area (Å²) in [7, 11) is 0. The van der Waals surface area contributed by atoms with E-state index in [4.69, 9.17) is 4.74 Å². The highest BCUT2D eigenvalue weighted by molar-refractivity contribution is 9.10. The zero-order valence-corrected chi connectivity index (χ0v) is 14.2. The lowest BCUT2D eigenvalue weighted by Gasteiger charge is -2.15. The van der Waals surface area contributed by atoms with E-state index in [-0.39, 0.29) is 5.91 Å². The van der Waals surface area contributed by atoms with Crippen molar-refractivity contribution in [3.8, 4) is 5.75 Å². The van der Waals surface area contributed by atoms with Crippen LogP contribution in [0.3, 0.4) is 0 Å². The van der Waals surface area contributed by atoms with Crippen molar-refractivity contribution < 1.29 is 9.53 Å². The zero-order chi connectivity index (χ0) is 16.2. The van der Waals surface area contributed by atoms with E-state index >= 15 is 0 Å². The summed E-state index contributed by atoms with van der Waals surface area (Å²) in [6, 6.07) is 21.2. The number of benzene rings is 3. The third-order valence-corrected chi connectivity index (χ3v) is 4.07. The Kier molecular flexibility index (Phi) is 4.63. The van der Waals surface area contributed by atoms with Crippen LogP contribution in [0.25, 0.3) is 10.8 Å². The average Bonchev–Trinajstić information content (AvgIpc) is 2.57. The molecule has 1 atom stereocenters. The highest BCUT2D eigenvalue weighted by atomic mass is 79.9. The molecule has 3 nitrogen and oxygen atoms in total. The molecule has 0 spiro atoms. The van der Waals surface area contributed by atoms with Crippen molar-refractivity contribution in [3.63, 3.8) is 0 Å². The van der Waals surface area contributed by atoms with Gasteiger partial charge >= 0.3 is 0 Å². The molecule has 0 aliphatic carbocycles. The highest BCUT2D eigenvalue weighted by Crippen LogP contribution is 2.23. The minimum Gasteiger partial charge on any atom is -0.481 e. The molecule has 116 valence electrons. The topological polar surface area (TPSA) is 38.3 Å². The van der Waals surface area contributed by atoms with Crippen LogP contribution in [0.1, 0.15) is 6.92 Å². The van der Waals surface area contributed by atoms with Crippen molar-refractivity contribution in [2.75, 3.05) is 5.32 Å². The molecule has 3 aromatic rings. The molecule has 0 heterocycles. The van der Waals surface area contributed by atoms with Crippen LogP contribution in [0.15, 0.2) is 71.2 Å². The molecule has 0 aliphatic rings. The summed E-state index contributed by atoms with van der Waals surface area (Å²) in [6.45, 7) is 1.74. The molecule has 4 heteroatoms. The summed E-state index contributed by atoms with van der Waals surface area (Å²) < 4.78 is 6.65. The van der Waals surface area contributed by atoms with E-state index in [0.29, 0.717) is 5.75 Å². The molecule has 0 radical (unpaired) electrons. The van der Waals surface area contributed by atoms with Gasteiger partial charge in [0.2, 0.25) is 0 Å². The number of halogens is 1. The molecule has 0 saturated carbocycles. The van der Waals surface area contributed by atoms with E-state index in [0.717, 1.165) is 20.9 Å². The van der Waals surface area contributed by atoms with E-state index in [2.05, 4.69) is 21.2 Å². The number of fused-ring (bicyclic) bond motifs is 1. The molecule has 0 saturated heterocycles. The fraction of sp³-hybridized carbons (Fsp3) is 0.105. The smallest absolute Gasteiger partial charge is 0.265 e. The van der Waals surface area contributed by atoms with Gasteiger partial charge in [-0.3, -0.25) is 4.79 Å². The molecule has 0 unspecified atom stereocenters. The van der Waals surface area contributed by atoms with Crippen molar-refractivity contribution in [3.05, 3.63) is 71.2 Å². The maximum absolute atomic E-state index is 12.4. The summed E-state index contributed by atoms with van der Waals surface area (Å²) in [5.41, 5.74) is 0.791. The van der Waals surface area contributed by atoms with Crippen LogP contribution in [-0.4, -0.2) is 12.0 Å². The summed E-state index contributed by atoms with van der Waals surface area (Å²) in [6.07, 6.45) is -0.588. The van der Waals surface area contributed by atoms with Crippen LogP contribution in [0.5, 0.6) is 5.75 Å². The Labute approximate surface area is 143 Å². The molecule has 23 heavy (non-hydrogen) atoms. The predicted molar refractivity (Wildman–Crippen MR) is 96.8 cm³/mol. The zero-order valence-electron chi connectivity index (χ0n) is 12.6. The van der Waals surface area contributed by atoms with Gasteiger partial charge in [0.1, 0.15) is 5.75 Å². The van der Waals surface area contributed by atoms with Crippen LogP contribution < -0.4 is 10.1 Å². The normalized spacial score (nSPS) is 11.9. The first-order valence-electron chi connectivity index (χ1n) is 7.34. The monoisotopic (exact) mass is 369 g/mol. The summed E-state index contributed by atoms with van der Waals surface area (Å²) >= 11 is 3.37. The van der Waals surface area contributed by atoms with Gasteiger partial charge in [0, 0.05) is 15.5 Å². The SMILES string of the molecule is C[C@@H](Oc1ccc(Br)cc1)C(=O)Nc1cccc2ccccc12. The molecule has 0 aliphatic heterocycles. The lowest BCUT2D eigenvalue weighted by atomic mass is 10.1. The number of nitrogens with one attached hydrogen (secondary N) is 1. The second-order valence-electron chi connectivity index (χ2n) is 5.23. The van der Waals surface area contributed by atoms with Crippen LogP contribution in [0, 0.1) is 0 Å². The minimum atomic E-state index is -0.588. The number of ether oxygens (including phenoxy) is 1. The summed E-state index contributed by atoms with van der Waals surface area (Å²) in [4.78, 5) is 12.4. The van der Waals surface area contributed by atoms with Crippen molar-refractivity contribution >= 4 is 38.3 Å². The summed E-state index contributed by atoms with van der Waals surface area (Å²) in [5.74, 6) is 0.484. The second-order valence-corrected chi connectivity index (χ2v) is 6.15. The Bertz CT molecular complexity index is 825. The number of amides is 1. The molecule has 1 amide bonds. The standard InChI is InChI=1S/C19H16BrNO2/c1-13(23-16-11-9-15(20)10-12-16)19(22)21-18-8-4-6-14-5-2-3-7-17(14)18/h2-13H,1H3,(H,21,22)/t13-/m1/s1. The van der Waals surface area contributed by atoms with Gasteiger partial charge in [-0.05, 0) is 42.6 Å². The van der Waals surface area contributed by atoms with Gasteiger partial charge in [-0.2, -0.15) is 0 Å². The molecule has 1 N–H and O–H groups in total. The molecule has 0 bridgehead atoms. The van der Waals surface area contributed by atoms with Crippen LogP contribution in [-0.2, 0) is 4.79 Å². The second kappa shape index (κ2) is 6.84. The number of carbonyl (C=O) groups excluding carboxylic acids is 1. The van der Waals surface area contributed by atoms with Crippen molar-refractivity contribution in [1.82, 2.24) is 0 Å². The van der Waals surface area contributed by atoms with E-state index in [1.54, 1.807) is 6.92 Å². The Morgan fingerprint density at radius 1 is 1.00 bits per heavy atom. The number of hydrogen-bond acceptors (Lipinski definition) is 2. The van der Waals surface area contributed by atoms with Crippen LogP contribution >= 0.6 is 15.9 Å². The molecule has 0 aromatic heterocycles. The van der Waals surface area contributed by atoms with Crippen molar-refractivity contribution in [2.24, 2.45) is 0 Å². The van der Waals surface area contributed by atoms with Gasteiger partial charge in [-0.1, -0.05) is 52.3 Å². The predicted octanol–water partition coefficient (Wildman–Crippen LogP) is 5.01. The average molecular weight is 370 g/mol. The van der Waals surface area contributed by atoms with Gasteiger partial charge in [-0.25, -0.2) is 0 Å². The molecule has 3 rings (SSSR count). The number of hydrogen-bond donors (Lipinski definition) is 1. The fourth-order valence-corrected chi connectivity index (χ4v) is 2.60. The first-order valence-corrected chi connectivity index (χ1v) is 8.13. The lowest BCUT2D eigenvalue weighted by molar-refractivity contribution is -0.122. The Balaban J connectivity index is 1.74. The van der Waals surface area contributed by atoms with Crippen molar-refractivity contribution in [2.45, 2.75) is 13.0 Å². The molecular weight excluding hydrogens is 354 g/mol. The maximum Gasteiger partial charge on any atom is 0.265 e. The Hall–Kier alpha value is -2.33. The largest absolute Gasteiger partial charge is 0.481 e. The molecular formula is C19H16BrNO2. The first kappa shape index (κ1) is 15.6. The lowest BCUT2D eigenvalue weighted by Crippen LogP contribution is -2.30. The number of rotatable bonds is 4. The molecule has 3 aromatic carbocycles. The maximum atomic E-state index is 12.4. The van der Waals surface area contributed by atoms with Gasteiger partial charge in [0.15, 0.2) is 6.10 Å². The Morgan fingerprint density at radius 3 is 2.48 bits per heavy atom. The minimum absolute atomic E-state index is 0.177. The quantitative estimate of drug-likeness (QED) is 0.701. The van der Waals surface area contributed by atoms with E-state index in [9.17, 15) is 4.79 Å². The van der Waals surface area contributed by atoms with E-state index in [1.165, 1.54) is 0 Å². The van der Waals surface area contributed by atoms with Crippen molar-refractivity contribution in [1.29, 1.82) is 0 Å². The fourth-order valence-electron chi connectivity index (χ4n) is 2.34. The van der Waals surface area contributed by atoms with Crippen LogP contribution in [0.4, 0.5) is 5.69 Å². The highest BCUT2D eigenvalue weighted by Gasteiger charge is 2.15. The third kappa shape index (κ3) is 3.71. The third-order valence-electron chi connectivity index (χ3n) is 3.54. The summed E-state index contributed by atoms with van der Waals surface area (Å²) in [5, 5.41) is 5.05. The first-order chi connectivity index (χ1) is 11.1. The Morgan fingerprint density at radius 2 is 1.70 bits per heavy atom. The number of carbonyl (C=O) groups is 1. The van der Waals surface area contributed by atoms with Gasteiger partial charge in [-0.15, -0.1) is 0 Å².